The largest absolute Gasteiger partial charge is 0.506 e. The van der Waals surface area contributed by atoms with E-state index < -0.39 is 11.9 Å². The molecule has 1 atom stereocenters. The van der Waals surface area contributed by atoms with E-state index in [0.29, 0.717) is 17.0 Å². The number of phenolic OH excluding ortho intramolecular Hbond substituents is 1. The zero-order valence-corrected chi connectivity index (χ0v) is 20.1. The molecule has 37 heavy (non-hydrogen) atoms. The van der Waals surface area contributed by atoms with Crippen LogP contribution in [0.2, 0.25) is 0 Å². The van der Waals surface area contributed by atoms with Crippen LogP contribution in [0.1, 0.15) is 34.7 Å². The van der Waals surface area contributed by atoms with Crippen LogP contribution >= 0.6 is 0 Å². The lowest BCUT2D eigenvalue weighted by Gasteiger charge is -2.21. The third-order valence-electron chi connectivity index (χ3n) is 5.92. The number of para-hydroxylation sites is 3. The zero-order chi connectivity index (χ0) is 26.1. The summed E-state index contributed by atoms with van der Waals surface area (Å²) in [6, 6.07) is 16.7. The highest BCUT2D eigenvalue weighted by Gasteiger charge is 2.24. The molecule has 2 aromatic carbocycles. The molecule has 3 heterocycles. The summed E-state index contributed by atoms with van der Waals surface area (Å²) in [7, 11) is 0. The average Bonchev–Trinajstić information content (AvgIpc) is 3.26. The SMILES string of the molecule is Cc1ccn2nc(C(C)Nc3ncnc(N)c3C(=O)Nc3ccccc3O)n(-c3ccccc3)c(=O)c12. The smallest absolute Gasteiger partial charge is 0.282 e. The van der Waals surface area contributed by atoms with Crippen molar-refractivity contribution < 1.29 is 9.90 Å². The Bertz CT molecular complexity index is 1680. The minimum atomic E-state index is -0.612. The number of aromatic nitrogens is 5. The molecule has 5 N–H and O–H groups in total. The third-order valence-corrected chi connectivity index (χ3v) is 5.92. The molecule has 0 aliphatic rings. The number of nitrogens with zero attached hydrogens (tertiary/aromatic N) is 5. The van der Waals surface area contributed by atoms with Gasteiger partial charge in [0, 0.05) is 6.20 Å². The first-order valence-electron chi connectivity index (χ1n) is 11.5. The van der Waals surface area contributed by atoms with E-state index in [-0.39, 0.29) is 34.2 Å². The monoisotopic (exact) mass is 496 g/mol. The molecule has 186 valence electrons. The lowest BCUT2D eigenvalue weighted by atomic mass is 10.2. The standard InChI is InChI=1S/C26H24N8O3/c1-15-12-13-33-21(15)26(37)34(17-8-4-3-5-9-17)24(32-33)16(2)30-23-20(22(27)28-14-29-23)25(36)31-18-10-6-7-11-19(18)35/h3-14,16,35H,1-2H3,(H,31,36)(H3,27,28,29,30). The fraction of sp³-hybridized carbons (Fsp3) is 0.115. The summed E-state index contributed by atoms with van der Waals surface area (Å²) in [4.78, 5) is 34.9. The first-order chi connectivity index (χ1) is 17.8. The molecular formula is C26H24N8O3. The molecule has 11 nitrogen and oxygen atoms in total. The number of phenols is 1. The number of anilines is 3. The van der Waals surface area contributed by atoms with E-state index in [9.17, 15) is 14.7 Å². The Hall–Kier alpha value is -5.19. The van der Waals surface area contributed by atoms with E-state index in [1.54, 1.807) is 35.8 Å². The van der Waals surface area contributed by atoms with Crippen LogP contribution in [0.3, 0.4) is 0 Å². The molecule has 5 rings (SSSR count). The molecule has 1 amide bonds. The first-order valence-corrected chi connectivity index (χ1v) is 11.5. The summed E-state index contributed by atoms with van der Waals surface area (Å²) < 4.78 is 3.08. The van der Waals surface area contributed by atoms with E-state index >= 15 is 0 Å². The van der Waals surface area contributed by atoms with E-state index in [4.69, 9.17) is 10.8 Å². The highest BCUT2D eigenvalue weighted by molar-refractivity contribution is 6.11. The van der Waals surface area contributed by atoms with Crippen molar-refractivity contribution in [2.24, 2.45) is 0 Å². The van der Waals surface area contributed by atoms with Gasteiger partial charge >= 0.3 is 0 Å². The van der Waals surface area contributed by atoms with Crippen LogP contribution in [0.4, 0.5) is 17.3 Å². The van der Waals surface area contributed by atoms with Crippen molar-refractivity contribution in [3.05, 3.63) is 100 Å². The van der Waals surface area contributed by atoms with Crippen molar-refractivity contribution in [2.45, 2.75) is 19.9 Å². The third kappa shape index (κ3) is 4.33. The van der Waals surface area contributed by atoms with Gasteiger partial charge in [-0.25, -0.2) is 14.5 Å². The van der Waals surface area contributed by atoms with Gasteiger partial charge in [-0.15, -0.1) is 0 Å². The maximum Gasteiger partial charge on any atom is 0.282 e. The fourth-order valence-electron chi connectivity index (χ4n) is 4.10. The highest BCUT2D eigenvalue weighted by atomic mass is 16.3. The number of nitrogens with two attached hydrogens (primary N) is 1. The lowest BCUT2D eigenvalue weighted by Crippen LogP contribution is -2.30. The highest BCUT2D eigenvalue weighted by Crippen LogP contribution is 2.27. The number of hydrogen-bond donors (Lipinski definition) is 4. The summed E-state index contributed by atoms with van der Waals surface area (Å²) in [6.45, 7) is 3.65. The Labute approximate surface area is 211 Å². The Morgan fingerprint density at radius 3 is 2.54 bits per heavy atom. The van der Waals surface area contributed by atoms with Crippen molar-refractivity contribution in [3.8, 4) is 11.4 Å². The molecule has 0 saturated carbocycles. The molecule has 0 radical (unpaired) electrons. The minimum absolute atomic E-state index is 0.0101. The number of hydrogen-bond acceptors (Lipinski definition) is 8. The number of nitrogen functional groups attached to an aromatic ring is 1. The molecule has 0 bridgehead atoms. The van der Waals surface area contributed by atoms with Crippen LogP contribution in [-0.4, -0.2) is 35.2 Å². The molecule has 0 spiro atoms. The summed E-state index contributed by atoms with van der Waals surface area (Å²) in [6.07, 6.45) is 2.96. The van der Waals surface area contributed by atoms with Crippen LogP contribution in [0.15, 0.2) is 78.0 Å². The molecule has 5 aromatic rings. The summed E-state index contributed by atoms with van der Waals surface area (Å²) >= 11 is 0. The Kier molecular flexibility index (Phi) is 6.02. The van der Waals surface area contributed by atoms with Gasteiger partial charge in [-0.2, -0.15) is 5.10 Å². The van der Waals surface area contributed by atoms with Gasteiger partial charge < -0.3 is 21.5 Å². The van der Waals surface area contributed by atoms with Crippen LogP contribution in [0, 0.1) is 6.92 Å². The number of carbonyl (C=O) groups excluding carboxylic acids is 1. The Morgan fingerprint density at radius 1 is 1.05 bits per heavy atom. The topological polar surface area (TPSA) is 152 Å². The maximum absolute atomic E-state index is 13.6. The minimum Gasteiger partial charge on any atom is -0.506 e. The number of benzene rings is 2. The maximum atomic E-state index is 13.6. The second-order valence-electron chi connectivity index (χ2n) is 8.45. The van der Waals surface area contributed by atoms with Crippen LogP contribution in [-0.2, 0) is 0 Å². The molecule has 1 unspecified atom stereocenters. The van der Waals surface area contributed by atoms with Crippen molar-refractivity contribution in [1.82, 2.24) is 24.1 Å². The van der Waals surface area contributed by atoms with Gasteiger partial charge in [-0.1, -0.05) is 30.3 Å². The second kappa shape index (κ2) is 9.46. The number of rotatable bonds is 6. The number of amides is 1. The van der Waals surface area contributed by atoms with Gasteiger partial charge in [0.05, 0.1) is 17.4 Å². The van der Waals surface area contributed by atoms with Gasteiger partial charge in [0.25, 0.3) is 11.5 Å². The second-order valence-corrected chi connectivity index (χ2v) is 8.45. The molecule has 0 saturated heterocycles. The summed E-state index contributed by atoms with van der Waals surface area (Å²) in [5.74, 6) is -0.226. The lowest BCUT2D eigenvalue weighted by molar-refractivity contribution is 0.102. The van der Waals surface area contributed by atoms with Gasteiger partial charge in [0.1, 0.15) is 34.8 Å². The van der Waals surface area contributed by atoms with Crippen molar-refractivity contribution in [3.63, 3.8) is 0 Å². The summed E-state index contributed by atoms with van der Waals surface area (Å²) in [5, 5.41) is 20.6. The molecule has 0 fully saturated rings. The molecular weight excluding hydrogens is 472 g/mol. The predicted octanol–water partition coefficient (Wildman–Crippen LogP) is 3.30. The van der Waals surface area contributed by atoms with E-state index in [2.05, 4.69) is 20.6 Å². The van der Waals surface area contributed by atoms with Crippen LogP contribution < -0.4 is 21.9 Å². The van der Waals surface area contributed by atoms with E-state index in [1.165, 1.54) is 17.0 Å². The molecule has 0 aliphatic carbocycles. The van der Waals surface area contributed by atoms with Gasteiger partial charge in [0.2, 0.25) is 0 Å². The number of fused-ring (bicyclic) bond motifs is 1. The number of carbonyl (C=O) groups is 1. The number of aromatic hydroxyl groups is 1. The quantitative estimate of drug-likeness (QED) is 0.261. The zero-order valence-electron chi connectivity index (χ0n) is 20.1. The van der Waals surface area contributed by atoms with Crippen molar-refractivity contribution >= 4 is 28.7 Å². The van der Waals surface area contributed by atoms with Gasteiger partial charge in [-0.3, -0.25) is 14.2 Å². The van der Waals surface area contributed by atoms with Crippen LogP contribution in [0.5, 0.6) is 5.75 Å². The fourth-order valence-corrected chi connectivity index (χ4v) is 4.10. The predicted molar refractivity (Wildman–Crippen MR) is 140 cm³/mol. The van der Waals surface area contributed by atoms with Crippen molar-refractivity contribution in [1.29, 1.82) is 0 Å². The average molecular weight is 497 g/mol. The molecule has 3 aromatic heterocycles. The Morgan fingerprint density at radius 2 is 1.78 bits per heavy atom. The number of aryl methyl sites for hydroxylation is 1. The van der Waals surface area contributed by atoms with E-state index in [1.807, 2.05) is 43.3 Å². The first kappa shape index (κ1) is 23.5. The van der Waals surface area contributed by atoms with Crippen LogP contribution in [0.25, 0.3) is 11.2 Å². The van der Waals surface area contributed by atoms with Gasteiger partial charge in [0.15, 0.2) is 5.82 Å². The van der Waals surface area contributed by atoms with Crippen molar-refractivity contribution in [2.75, 3.05) is 16.4 Å². The number of nitrogens with one attached hydrogen (secondary N) is 2. The van der Waals surface area contributed by atoms with Gasteiger partial charge in [-0.05, 0) is 49.7 Å². The molecule has 11 heteroatoms. The molecule has 0 aliphatic heterocycles. The Balaban J connectivity index is 1.57. The van der Waals surface area contributed by atoms with E-state index in [0.717, 1.165) is 5.56 Å². The normalized spacial score (nSPS) is 11.8. The summed E-state index contributed by atoms with van der Waals surface area (Å²) in [5.41, 5.74) is 7.95.